The first kappa shape index (κ1) is 22.9. The molecule has 0 spiro atoms. The van der Waals surface area contributed by atoms with Gasteiger partial charge in [-0.25, -0.2) is 0 Å². The number of rotatable bonds is 6. The van der Waals surface area contributed by atoms with Gasteiger partial charge in [0, 0.05) is 0 Å². The van der Waals surface area contributed by atoms with Crippen LogP contribution in [0.5, 0.6) is 0 Å². The third-order valence-corrected chi connectivity index (χ3v) is 8.10. The van der Waals surface area contributed by atoms with E-state index in [1.54, 1.807) is 0 Å². The molecule has 5 rings (SSSR count). The van der Waals surface area contributed by atoms with Gasteiger partial charge < -0.3 is 0 Å². The molecule has 3 aromatic carbocycles. The highest BCUT2D eigenvalue weighted by Crippen LogP contribution is 2.40. The van der Waals surface area contributed by atoms with Crippen LogP contribution in [0.2, 0.25) is 0 Å². The van der Waals surface area contributed by atoms with E-state index in [1.165, 1.54) is 73.6 Å². The second-order valence-electron chi connectivity index (χ2n) is 10.3. The molecule has 3 aromatic rings. The van der Waals surface area contributed by atoms with Gasteiger partial charge in [-0.05, 0) is 71.6 Å². The molecule has 2 aliphatic rings. The predicted octanol–water partition coefficient (Wildman–Crippen LogP) is 9.66. The molecule has 0 heteroatoms. The molecule has 0 aromatic heterocycles. The molecule has 4 unspecified atom stereocenters. The summed E-state index contributed by atoms with van der Waals surface area (Å²) >= 11 is 0. The Bertz CT molecular complexity index is 970. The van der Waals surface area contributed by atoms with E-state index in [0.29, 0.717) is 23.7 Å². The molecule has 2 saturated carbocycles. The molecule has 34 heavy (non-hydrogen) atoms. The maximum absolute atomic E-state index is 2.48. The molecule has 0 aliphatic heterocycles. The van der Waals surface area contributed by atoms with E-state index in [0.717, 1.165) is 0 Å². The first-order valence-corrected chi connectivity index (χ1v) is 13.4. The summed E-state index contributed by atoms with van der Waals surface area (Å²) in [6.45, 7) is 0. The quantitative estimate of drug-likeness (QED) is 0.353. The van der Waals surface area contributed by atoms with Gasteiger partial charge in [-0.1, -0.05) is 135 Å². The zero-order valence-corrected chi connectivity index (χ0v) is 20.4. The lowest BCUT2D eigenvalue weighted by atomic mass is 9.75. The van der Waals surface area contributed by atoms with Crippen molar-refractivity contribution in [3.8, 4) is 0 Å². The average Bonchev–Trinajstić information content (AvgIpc) is 2.93. The number of hydrogen-bond donors (Lipinski definition) is 0. The van der Waals surface area contributed by atoms with Gasteiger partial charge in [0.15, 0.2) is 0 Å². The van der Waals surface area contributed by atoms with Gasteiger partial charge in [0.25, 0.3) is 0 Å². The van der Waals surface area contributed by atoms with Crippen LogP contribution >= 0.6 is 0 Å². The number of allylic oxidation sites excluding steroid dienone is 2. The van der Waals surface area contributed by atoms with Gasteiger partial charge in [0.1, 0.15) is 0 Å². The lowest BCUT2D eigenvalue weighted by Gasteiger charge is -2.30. The Balaban J connectivity index is 1.23. The third kappa shape index (κ3) is 5.79. The van der Waals surface area contributed by atoms with Crippen LogP contribution in [0, 0.1) is 11.8 Å². The van der Waals surface area contributed by atoms with Crippen LogP contribution in [0.1, 0.15) is 85.5 Å². The highest BCUT2D eigenvalue weighted by molar-refractivity contribution is 5.56. The average molecular weight is 447 g/mol. The minimum absolute atomic E-state index is 0.650. The molecular formula is C34H38. The van der Waals surface area contributed by atoms with E-state index in [9.17, 15) is 0 Å². The zero-order valence-electron chi connectivity index (χ0n) is 20.4. The Morgan fingerprint density at radius 1 is 0.441 bits per heavy atom. The summed E-state index contributed by atoms with van der Waals surface area (Å²) in [6, 6.07) is 31.4. The van der Waals surface area contributed by atoms with Crippen molar-refractivity contribution in [2.45, 2.75) is 63.2 Å². The fraction of sp³-hybridized carbons (Fsp3) is 0.353. The SMILES string of the molecule is C(=CC1CCCCC1c1ccccc1)c1ccc(C=CC2CCCCC2c2ccccc2)cc1. The van der Waals surface area contributed by atoms with Crippen molar-refractivity contribution in [3.63, 3.8) is 0 Å². The van der Waals surface area contributed by atoms with Crippen molar-refractivity contribution >= 4 is 12.2 Å². The van der Waals surface area contributed by atoms with Crippen molar-refractivity contribution in [1.29, 1.82) is 0 Å². The lowest BCUT2D eigenvalue weighted by Crippen LogP contribution is -2.15. The van der Waals surface area contributed by atoms with E-state index < -0.39 is 0 Å². The van der Waals surface area contributed by atoms with Crippen LogP contribution < -0.4 is 0 Å². The Morgan fingerprint density at radius 3 is 1.24 bits per heavy atom. The van der Waals surface area contributed by atoms with Crippen LogP contribution in [0.25, 0.3) is 12.2 Å². The molecule has 0 nitrogen and oxygen atoms in total. The van der Waals surface area contributed by atoms with Crippen molar-refractivity contribution in [2.24, 2.45) is 11.8 Å². The molecule has 0 N–H and O–H groups in total. The normalized spacial score (nSPS) is 25.6. The highest BCUT2D eigenvalue weighted by Gasteiger charge is 2.25. The van der Waals surface area contributed by atoms with Crippen molar-refractivity contribution < 1.29 is 0 Å². The van der Waals surface area contributed by atoms with E-state index >= 15 is 0 Å². The molecule has 0 amide bonds. The summed E-state index contributed by atoms with van der Waals surface area (Å²) in [5.74, 6) is 2.64. The standard InChI is InChI=1S/C34H38/c1-3-11-29(12-4-1)33-17-9-7-15-31(33)25-23-27-19-21-28(22-20-27)24-26-32-16-8-10-18-34(32)30-13-5-2-6-14-30/h1-6,11-14,19-26,31-34H,7-10,15-18H2. The largest absolute Gasteiger partial charge is 0.0802 e. The fourth-order valence-corrected chi connectivity index (χ4v) is 6.20. The molecule has 2 fully saturated rings. The molecular weight excluding hydrogens is 408 g/mol. The van der Waals surface area contributed by atoms with Crippen LogP contribution in [0.4, 0.5) is 0 Å². The summed E-state index contributed by atoms with van der Waals surface area (Å²) in [5, 5.41) is 0. The minimum atomic E-state index is 0.650. The highest BCUT2D eigenvalue weighted by atomic mass is 14.3. The summed E-state index contributed by atoms with van der Waals surface area (Å²) in [4.78, 5) is 0. The van der Waals surface area contributed by atoms with Gasteiger partial charge >= 0.3 is 0 Å². The second kappa shape index (κ2) is 11.5. The van der Waals surface area contributed by atoms with Crippen molar-refractivity contribution in [1.82, 2.24) is 0 Å². The number of benzene rings is 3. The van der Waals surface area contributed by atoms with Crippen LogP contribution in [0.3, 0.4) is 0 Å². The van der Waals surface area contributed by atoms with Gasteiger partial charge in [-0.2, -0.15) is 0 Å². The van der Waals surface area contributed by atoms with Gasteiger partial charge in [0.2, 0.25) is 0 Å². The van der Waals surface area contributed by atoms with E-state index in [2.05, 4.69) is 109 Å². The molecule has 0 saturated heterocycles. The second-order valence-corrected chi connectivity index (χ2v) is 10.3. The Labute approximate surface area is 206 Å². The van der Waals surface area contributed by atoms with Crippen LogP contribution in [-0.4, -0.2) is 0 Å². The lowest BCUT2D eigenvalue weighted by molar-refractivity contribution is 0.363. The predicted molar refractivity (Wildman–Crippen MR) is 147 cm³/mol. The van der Waals surface area contributed by atoms with Crippen LogP contribution in [-0.2, 0) is 0 Å². The molecule has 2 aliphatic carbocycles. The van der Waals surface area contributed by atoms with E-state index in [-0.39, 0.29) is 0 Å². The first-order chi connectivity index (χ1) is 16.9. The van der Waals surface area contributed by atoms with Crippen molar-refractivity contribution in [2.75, 3.05) is 0 Å². The fourth-order valence-electron chi connectivity index (χ4n) is 6.20. The van der Waals surface area contributed by atoms with Gasteiger partial charge in [-0.3, -0.25) is 0 Å². The Kier molecular flexibility index (Phi) is 7.76. The maximum Gasteiger partial charge on any atom is -0.00989 e. The minimum Gasteiger partial charge on any atom is -0.0802 e. The smallest absolute Gasteiger partial charge is 0.00989 e. The maximum atomic E-state index is 2.48. The first-order valence-electron chi connectivity index (χ1n) is 13.4. The monoisotopic (exact) mass is 446 g/mol. The molecule has 174 valence electrons. The summed E-state index contributed by atoms with van der Waals surface area (Å²) in [5.41, 5.74) is 5.64. The summed E-state index contributed by atoms with van der Waals surface area (Å²) in [7, 11) is 0. The summed E-state index contributed by atoms with van der Waals surface area (Å²) in [6.07, 6.45) is 20.3. The Hall–Kier alpha value is -2.86. The van der Waals surface area contributed by atoms with Gasteiger partial charge in [0.05, 0.1) is 0 Å². The van der Waals surface area contributed by atoms with Gasteiger partial charge in [-0.15, -0.1) is 0 Å². The summed E-state index contributed by atoms with van der Waals surface area (Å²) < 4.78 is 0. The molecule has 0 heterocycles. The van der Waals surface area contributed by atoms with Crippen molar-refractivity contribution in [3.05, 3.63) is 119 Å². The topological polar surface area (TPSA) is 0 Å². The van der Waals surface area contributed by atoms with E-state index in [4.69, 9.17) is 0 Å². The number of hydrogen-bond acceptors (Lipinski definition) is 0. The van der Waals surface area contributed by atoms with E-state index in [1.807, 2.05) is 0 Å². The third-order valence-electron chi connectivity index (χ3n) is 8.10. The Morgan fingerprint density at radius 2 is 0.824 bits per heavy atom. The molecule has 0 radical (unpaired) electrons. The van der Waals surface area contributed by atoms with Crippen LogP contribution in [0.15, 0.2) is 97.1 Å². The molecule has 4 atom stereocenters. The molecule has 0 bridgehead atoms. The zero-order chi connectivity index (χ0) is 23.0.